The molecule has 1 N–H and O–H groups in total. The van der Waals surface area contributed by atoms with E-state index in [1.54, 1.807) is 0 Å². The molecule has 1 aromatic heterocycles. The molecule has 0 amide bonds. The van der Waals surface area contributed by atoms with Crippen LogP contribution in [0.1, 0.15) is 31.4 Å². The molecule has 0 aliphatic heterocycles. The zero-order chi connectivity index (χ0) is 15.5. The van der Waals surface area contributed by atoms with Gasteiger partial charge in [-0.15, -0.1) is 0 Å². The molecule has 0 fully saturated rings. The third-order valence-electron chi connectivity index (χ3n) is 3.78. The summed E-state index contributed by atoms with van der Waals surface area (Å²) in [6, 6.07) is 3.88. The Balaban J connectivity index is 2.20. The lowest BCUT2D eigenvalue weighted by atomic mass is 10.1. The first-order valence-electron chi connectivity index (χ1n) is 7.35. The van der Waals surface area contributed by atoms with Crippen molar-refractivity contribution < 1.29 is 13.2 Å². The number of hydrogen-bond donors (Lipinski definition) is 1. The van der Waals surface area contributed by atoms with Gasteiger partial charge in [0.05, 0.1) is 5.56 Å². The summed E-state index contributed by atoms with van der Waals surface area (Å²) in [6.07, 6.45) is -0.625. The molecule has 2 nitrogen and oxygen atoms in total. The van der Waals surface area contributed by atoms with Crippen molar-refractivity contribution in [2.75, 3.05) is 19.6 Å². The molecule has 0 unspecified atom stereocenters. The fraction of sp³-hybridized carbons (Fsp3) is 0.500. The first-order chi connectivity index (χ1) is 9.95. The first-order valence-corrected chi connectivity index (χ1v) is 7.35. The number of halogens is 3. The zero-order valence-corrected chi connectivity index (χ0v) is 12.4. The van der Waals surface area contributed by atoms with Crippen LogP contribution < -0.4 is 0 Å². The van der Waals surface area contributed by atoms with Crippen LogP contribution in [-0.2, 0) is 12.6 Å². The van der Waals surface area contributed by atoms with Gasteiger partial charge >= 0.3 is 6.18 Å². The predicted octanol–water partition coefficient (Wildman–Crippen LogP) is 4.46. The van der Waals surface area contributed by atoms with Gasteiger partial charge < -0.3 is 9.88 Å². The molecule has 5 heteroatoms. The average Bonchev–Trinajstić information content (AvgIpc) is 2.85. The third kappa shape index (κ3) is 3.79. The number of nitrogens with one attached hydrogen (secondary N) is 1. The highest BCUT2D eigenvalue weighted by Gasteiger charge is 2.30. The van der Waals surface area contributed by atoms with Crippen LogP contribution in [0.4, 0.5) is 13.2 Å². The molecule has 0 atom stereocenters. The van der Waals surface area contributed by atoms with E-state index in [1.165, 1.54) is 12.1 Å². The van der Waals surface area contributed by atoms with Crippen molar-refractivity contribution in [2.45, 2.75) is 32.9 Å². The third-order valence-corrected chi connectivity index (χ3v) is 3.78. The van der Waals surface area contributed by atoms with Crippen LogP contribution in [0.25, 0.3) is 10.9 Å². The van der Waals surface area contributed by atoms with E-state index in [2.05, 4.69) is 23.7 Å². The maximum absolute atomic E-state index is 12.8. The molecule has 0 saturated heterocycles. The second-order valence-electron chi connectivity index (χ2n) is 5.26. The van der Waals surface area contributed by atoms with Crippen LogP contribution in [0.15, 0.2) is 24.4 Å². The minimum Gasteiger partial charge on any atom is -0.361 e. The van der Waals surface area contributed by atoms with Crippen molar-refractivity contribution in [2.24, 2.45) is 0 Å². The molecule has 2 aromatic rings. The van der Waals surface area contributed by atoms with Gasteiger partial charge in [0.15, 0.2) is 0 Å². The van der Waals surface area contributed by atoms with Gasteiger partial charge in [0.1, 0.15) is 0 Å². The first kappa shape index (κ1) is 15.9. The topological polar surface area (TPSA) is 19.0 Å². The van der Waals surface area contributed by atoms with Gasteiger partial charge in [-0.05, 0) is 49.7 Å². The van der Waals surface area contributed by atoms with Gasteiger partial charge in [-0.2, -0.15) is 13.2 Å². The molecular weight excluding hydrogens is 277 g/mol. The maximum Gasteiger partial charge on any atom is 0.416 e. The summed E-state index contributed by atoms with van der Waals surface area (Å²) < 4.78 is 38.4. The molecule has 0 bridgehead atoms. The van der Waals surface area contributed by atoms with E-state index >= 15 is 0 Å². The fourth-order valence-corrected chi connectivity index (χ4v) is 2.58. The molecule has 0 spiro atoms. The quantitative estimate of drug-likeness (QED) is 0.834. The highest BCUT2D eigenvalue weighted by atomic mass is 19.4. The van der Waals surface area contributed by atoms with E-state index in [0.29, 0.717) is 5.39 Å². The highest BCUT2D eigenvalue weighted by Crippen LogP contribution is 2.32. The Hall–Kier alpha value is -1.49. The Morgan fingerprint density at radius 3 is 2.52 bits per heavy atom. The molecule has 0 radical (unpaired) electrons. The summed E-state index contributed by atoms with van der Waals surface area (Å²) in [5.41, 5.74) is 1.12. The lowest BCUT2D eigenvalue weighted by molar-refractivity contribution is -0.137. The summed E-state index contributed by atoms with van der Waals surface area (Å²) in [4.78, 5) is 5.37. The number of rotatable bonds is 6. The van der Waals surface area contributed by atoms with Crippen LogP contribution in [0.2, 0.25) is 0 Å². The summed E-state index contributed by atoms with van der Waals surface area (Å²) in [6.45, 7) is 7.08. The number of H-pyrrole nitrogens is 1. The van der Waals surface area contributed by atoms with Crippen molar-refractivity contribution in [3.8, 4) is 0 Å². The Kier molecular flexibility index (Phi) is 4.93. The number of nitrogens with zero attached hydrogens (tertiary/aromatic N) is 1. The Bertz CT molecular complexity index is 587. The van der Waals surface area contributed by atoms with Crippen molar-refractivity contribution in [1.82, 2.24) is 9.88 Å². The van der Waals surface area contributed by atoms with E-state index in [1.807, 2.05) is 6.20 Å². The number of benzene rings is 1. The van der Waals surface area contributed by atoms with E-state index in [0.717, 1.165) is 49.6 Å². The van der Waals surface area contributed by atoms with Crippen LogP contribution >= 0.6 is 0 Å². The SMILES string of the molecule is CCCN(CC)CCc1c[nH]c2ccc(C(F)(F)F)cc12. The van der Waals surface area contributed by atoms with E-state index in [9.17, 15) is 13.2 Å². The van der Waals surface area contributed by atoms with Gasteiger partial charge in [0.2, 0.25) is 0 Å². The van der Waals surface area contributed by atoms with E-state index < -0.39 is 11.7 Å². The summed E-state index contributed by atoms with van der Waals surface area (Å²) in [5.74, 6) is 0. The van der Waals surface area contributed by atoms with Crippen molar-refractivity contribution in [1.29, 1.82) is 0 Å². The zero-order valence-electron chi connectivity index (χ0n) is 12.4. The minimum absolute atomic E-state index is 0.586. The predicted molar refractivity (Wildman–Crippen MR) is 79.4 cm³/mol. The summed E-state index contributed by atoms with van der Waals surface area (Å²) >= 11 is 0. The van der Waals surface area contributed by atoms with Crippen molar-refractivity contribution in [3.05, 3.63) is 35.5 Å². The summed E-state index contributed by atoms with van der Waals surface area (Å²) in [5, 5.41) is 0.678. The van der Waals surface area contributed by atoms with E-state index in [4.69, 9.17) is 0 Å². The van der Waals surface area contributed by atoms with Gasteiger partial charge in [-0.1, -0.05) is 13.8 Å². The number of fused-ring (bicyclic) bond motifs is 1. The minimum atomic E-state index is -4.29. The molecule has 1 aromatic carbocycles. The number of aromatic nitrogens is 1. The van der Waals surface area contributed by atoms with Gasteiger partial charge in [0, 0.05) is 23.6 Å². The molecular formula is C16H21F3N2. The second kappa shape index (κ2) is 6.52. The lowest BCUT2D eigenvalue weighted by Gasteiger charge is -2.19. The molecule has 0 aliphatic rings. The molecule has 116 valence electrons. The molecule has 1 heterocycles. The maximum atomic E-state index is 12.8. The Morgan fingerprint density at radius 1 is 1.14 bits per heavy atom. The molecule has 0 aliphatic carbocycles. The molecule has 0 saturated carbocycles. The monoisotopic (exact) mass is 298 g/mol. The number of likely N-dealkylation sites (N-methyl/N-ethyl adjacent to an activating group) is 1. The normalized spacial score (nSPS) is 12.5. The van der Waals surface area contributed by atoms with E-state index in [-0.39, 0.29) is 0 Å². The van der Waals surface area contributed by atoms with Crippen molar-refractivity contribution >= 4 is 10.9 Å². The van der Waals surface area contributed by atoms with Crippen LogP contribution in [0.5, 0.6) is 0 Å². The van der Waals surface area contributed by atoms with Crippen LogP contribution in [0, 0.1) is 0 Å². The Morgan fingerprint density at radius 2 is 1.90 bits per heavy atom. The molecule has 21 heavy (non-hydrogen) atoms. The second-order valence-corrected chi connectivity index (χ2v) is 5.26. The fourth-order valence-electron chi connectivity index (χ4n) is 2.58. The van der Waals surface area contributed by atoms with Crippen molar-refractivity contribution in [3.63, 3.8) is 0 Å². The average molecular weight is 298 g/mol. The number of aromatic amines is 1. The summed E-state index contributed by atoms with van der Waals surface area (Å²) in [7, 11) is 0. The van der Waals surface area contributed by atoms with Gasteiger partial charge in [0.25, 0.3) is 0 Å². The lowest BCUT2D eigenvalue weighted by Crippen LogP contribution is -2.26. The van der Waals surface area contributed by atoms with Crippen LogP contribution in [-0.4, -0.2) is 29.5 Å². The smallest absolute Gasteiger partial charge is 0.361 e. The Labute approximate surface area is 122 Å². The van der Waals surface area contributed by atoms with Crippen LogP contribution in [0.3, 0.4) is 0 Å². The van der Waals surface area contributed by atoms with Gasteiger partial charge in [-0.3, -0.25) is 0 Å². The highest BCUT2D eigenvalue weighted by molar-refractivity contribution is 5.84. The van der Waals surface area contributed by atoms with Gasteiger partial charge in [-0.25, -0.2) is 0 Å². The standard InChI is InChI=1S/C16H21F3N2/c1-3-8-21(4-2)9-7-12-11-20-15-6-5-13(10-14(12)15)16(17,18)19/h5-6,10-11,20H,3-4,7-9H2,1-2H3. The number of alkyl halides is 3. The largest absolute Gasteiger partial charge is 0.416 e. The molecule has 2 rings (SSSR count). The number of hydrogen-bond acceptors (Lipinski definition) is 1.